The summed E-state index contributed by atoms with van der Waals surface area (Å²) in [5.41, 5.74) is 2.16. The standard InChI is InChI=1S/C16H22N4O2/c1-2-15(13-17-19-4-8-21-9-5-19)12-16(3-1)14-18-20-6-10-22-11-7-20/h1-3,12-14H,4-11H2. The van der Waals surface area contributed by atoms with Gasteiger partial charge in [-0.25, -0.2) is 0 Å². The quantitative estimate of drug-likeness (QED) is 0.779. The smallest absolute Gasteiger partial charge is 0.0659 e. The lowest BCUT2D eigenvalue weighted by atomic mass is 10.1. The Kier molecular flexibility index (Phi) is 5.39. The highest BCUT2D eigenvalue weighted by molar-refractivity contribution is 5.85. The Morgan fingerprint density at radius 2 is 1.23 bits per heavy atom. The van der Waals surface area contributed by atoms with E-state index in [1.165, 1.54) is 0 Å². The first-order valence-electron chi connectivity index (χ1n) is 7.73. The molecule has 0 amide bonds. The molecule has 22 heavy (non-hydrogen) atoms. The van der Waals surface area contributed by atoms with E-state index < -0.39 is 0 Å². The van der Waals surface area contributed by atoms with E-state index in [9.17, 15) is 0 Å². The summed E-state index contributed by atoms with van der Waals surface area (Å²) in [5, 5.41) is 13.1. The Morgan fingerprint density at radius 3 is 1.68 bits per heavy atom. The van der Waals surface area contributed by atoms with E-state index in [4.69, 9.17) is 9.47 Å². The SMILES string of the molecule is C(=NN1CCOCC1)c1cccc(C=NN2CCOCC2)c1. The Morgan fingerprint density at radius 1 is 0.773 bits per heavy atom. The van der Waals surface area contributed by atoms with Gasteiger partial charge in [-0.1, -0.05) is 18.2 Å². The van der Waals surface area contributed by atoms with E-state index in [1.807, 2.05) is 28.5 Å². The normalized spacial score (nSPS) is 20.2. The third kappa shape index (κ3) is 4.54. The fourth-order valence-corrected chi connectivity index (χ4v) is 2.35. The van der Waals surface area contributed by atoms with Crippen molar-refractivity contribution in [3.63, 3.8) is 0 Å². The molecule has 1 aromatic carbocycles. The van der Waals surface area contributed by atoms with Crippen molar-refractivity contribution < 1.29 is 9.47 Å². The predicted molar refractivity (Wildman–Crippen MR) is 86.4 cm³/mol. The van der Waals surface area contributed by atoms with Crippen molar-refractivity contribution >= 4 is 12.4 Å². The largest absolute Gasteiger partial charge is 0.378 e. The molecule has 6 nitrogen and oxygen atoms in total. The Labute approximate surface area is 131 Å². The highest BCUT2D eigenvalue weighted by atomic mass is 16.5. The Hall–Kier alpha value is -1.92. The summed E-state index contributed by atoms with van der Waals surface area (Å²) in [6, 6.07) is 8.22. The minimum Gasteiger partial charge on any atom is -0.378 e. The van der Waals surface area contributed by atoms with E-state index in [1.54, 1.807) is 0 Å². The minimum atomic E-state index is 0.754. The number of hydrogen-bond acceptors (Lipinski definition) is 6. The van der Waals surface area contributed by atoms with Crippen LogP contribution in [-0.4, -0.2) is 75.1 Å². The Bertz CT molecular complexity index is 477. The average molecular weight is 302 g/mol. The van der Waals surface area contributed by atoms with Crippen molar-refractivity contribution in [3.8, 4) is 0 Å². The molecule has 3 rings (SSSR count). The summed E-state index contributed by atoms with van der Waals surface area (Å²) >= 11 is 0. The molecule has 0 unspecified atom stereocenters. The monoisotopic (exact) mass is 302 g/mol. The molecule has 1 aromatic rings. The number of rotatable bonds is 4. The zero-order valence-electron chi connectivity index (χ0n) is 12.7. The maximum atomic E-state index is 5.31. The molecule has 0 atom stereocenters. The van der Waals surface area contributed by atoms with Crippen LogP contribution in [0.25, 0.3) is 0 Å². The van der Waals surface area contributed by atoms with Gasteiger partial charge >= 0.3 is 0 Å². The van der Waals surface area contributed by atoms with Gasteiger partial charge < -0.3 is 9.47 Å². The molecular weight excluding hydrogens is 280 g/mol. The molecular formula is C16H22N4O2. The third-order valence-corrected chi connectivity index (χ3v) is 3.63. The molecule has 118 valence electrons. The van der Waals surface area contributed by atoms with Crippen LogP contribution in [0, 0.1) is 0 Å². The van der Waals surface area contributed by atoms with Crippen molar-refractivity contribution in [1.29, 1.82) is 0 Å². The second-order valence-electron chi connectivity index (χ2n) is 5.29. The molecule has 2 fully saturated rings. The number of ether oxygens (including phenoxy) is 2. The number of hydrogen-bond donors (Lipinski definition) is 0. The first-order chi connectivity index (χ1) is 10.9. The lowest BCUT2D eigenvalue weighted by molar-refractivity contribution is 0.0396. The fourth-order valence-electron chi connectivity index (χ4n) is 2.35. The molecule has 0 N–H and O–H groups in total. The van der Waals surface area contributed by atoms with Crippen molar-refractivity contribution in [3.05, 3.63) is 35.4 Å². The van der Waals surface area contributed by atoms with Crippen LogP contribution >= 0.6 is 0 Å². The van der Waals surface area contributed by atoms with E-state index >= 15 is 0 Å². The molecule has 0 aromatic heterocycles. The van der Waals surface area contributed by atoms with Gasteiger partial charge in [0.2, 0.25) is 0 Å². The third-order valence-electron chi connectivity index (χ3n) is 3.63. The molecule has 2 aliphatic rings. The van der Waals surface area contributed by atoms with Gasteiger partial charge in [-0.2, -0.15) is 10.2 Å². The molecule has 0 saturated carbocycles. The van der Waals surface area contributed by atoms with Gasteiger partial charge in [0.25, 0.3) is 0 Å². The second-order valence-corrected chi connectivity index (χ2v) is 5.29. The van der Waals surface area contributed by atoms with Crippen LogP contribution in [0.3, 0.4) is 0 Å². The number of benzene rings is 1. The second kappa shape index (κ2) is 7.91. The lowest BCUT2D eigenvalue weighted by Gasteiger charge is -2.23. The zero-order chi connectivity index (χ0) is 15.0. The van der Waals surface area contributed by atoms with E-state index in [0.29, 0.717) is 0 Å². The number of nitrogens with zero attached hydrogens (tertiary/aromatic N) is 4. The molecule has 0 aliphatic carbocycles. The van der Waals surface area contributed by atoms with Gasteiger partial charge in [0.1, 0.15) is 0 Å². The van der Waals surface area contributed by atoms with Crippen molar-refractivity contribution in [2.75, 3.05) is 52.6 Å². The molecule has 2 saturated heterocycles. The van der Waals surface area contributed by atoms with Gasteiger partial charge in [0.15, 0.2) is 0 Å². The van der Waals surface area contributed by atoms with Crippen LogP contribution in [-0.2, 0) is 9.47 Å². The van der Waals surface area contributed by atoms with Crippen LogP contribution < -0.4 is 0 Å². The maximum Gasteiger partial charge on any atom is 0.0659 e. The summed E-state index contributed by atoms with van der Waals surface area (Å²) in [6.45, 7) is 6.44. The van der Waals surface area contributed by atoms with Gasteiger partial charge in [-0.05, 0) is 17.2 Å². The maximum absolute atomic E-state index is 5.31. The molecule has 6 heteroatoms. The van der Waals surface area contributed by atoms with Crippen molar-refractivity contribution in [2.24, 2.45) is 10.2 Å². The van der Waals surface area contributed by atoms with Gasteiger partial charge in [0.05, 0.1) is 65.0 Å². The molecule has 0 spiro atoms. The van der Waals surface area contributed by atoms with Gasteiger partial charge in [0, 0.05) is 0 Å². The van der Waals surface area contributed by atoms with Crippen LogP contribution in [0.4, 0.5) is 0 Å². The zero-order valence-corrected chi connectivity index (χ0v) is 12.7. The molecule has 2 heterocycles. The van der Waals surface area contributed by atoms with Crippen molar-refractivity contribution in [2.45, 2.75) is 0 Å². The first kappa shape index (κ1) is 15.0. The summed E-state index contributed by atoms with van der Waals surface area (Å²) < 4.78 is 10.6. The Balaban J connectivity index is 1.59. The number of morpholine rings is 2. The van der Waals surface area contributed by atoms with E-state index in [2.05, 4.69) is 28.4 Å². The highest BCUT2D eigenvalue weighted by Gasteiger charge is 2.07. The van der Waals surface area contributed by atoms with Crippen LogP contribution in [0.1, 0.15) is 11.1 Å². The summed E-state index contributed by atoms with van der Waals surface area (Å²) in [6.07, 6.45) is 3.80. The first-order valence-corrected chi connectivity index (χ1v) is 7.73. The minimum absolute atomic E-state index is 0.754. The molecule has 2 aliphatic heterocycles. The van der Waals surface area contributed by atoms with Crippen LogP contribution in [0.2, 0.25) is 0 Å². The van der Waals surface area contributed by atoms with Crippen LogP contribution in [0.5, 0.6) is 0 Å². The number of hydrazone groups is 2. The summed E-state index contributed by atoms with van der Waals surface area (Å²) in [7, 11) is 0. The van der Waals surface area contributed by atoms with E-state index in [0.717, 1.165) is 63.7 Å². The predicted octanol–water partition coefficient (Wildman–Crippen LogP) is 1.02. The summed E-state index contributed by atoms with van der Waals surface area (Å²) in [4.78, 5) is 0. The fraction of sp³-hybridized carbons (Fsp3) is 0.500. The topological polar surface area (TPSA) is 49.7 Å². The molecule has 0 radical (unpaired) electrons. The average Bonchev–Trinajstić information content (AvgIpc) is 2.60. The van der Waals surface area contributed by atoms with E-state index in [-0.39, 0.29) is 0 Å². The lowest BCUT2D eigenvalue weighted by Crippen LogP contribution is -2.32. The summed E-state index contributed by atoms with van der Waals surface area (Å²) in [5.74, 6) is 0. The van der Waals surface area contributed by atoms with Gasteiger partial charge in [-0.3, -0.25) is 10.0 Å². The van der Waals surface area contributed by atoms with Crippen LogP contribution in [0.15, 0.2) is 34.5 Å². The molecule has 0 bridgehead atoms. The van der Waals surface area contributed by atoms with Gasteiger partial charge in [-0.15, -0.1) is 0 Å². The highest BCUT2D eigenvalue weighted by Crippen LogP contribution is 2.04. The van der Waals surface area contributed by atoms with Crippen molar-refractivity contribution in [1.82, 2.24) is 10.0 Å².